The molecule has 1 N–H and O–H groups in total. The van der Waals surface area contributed by atoms with Crippen LogP contribution in [-0.2, 0) is 24.1 Å². The van der Waals surface area contributed by atoms with E-state index in [1.807, 2.05) is 6.20 Å². The van der Waals surface area contributed by atoms with E-state index in [4.69, 9.17) is 4.74 Å². The number of ether oxygens (including phenoxy) is 1. The van der Waals surface area contributed by atoms with Gasteiger partial charge in [0.05, 0.1) is 6.61 Å². The van der Waals surface area contributed by atoms with Crippen molar-refractivity contribution in [3.8, 4) is 0 Å². The largest absolute Gasteiger partial charge is 0.383 e. The fourth-order valence-electron chi connectivity index (χ4n) is 4.81. The Morgan fingerprint density at radius 1 is 1.22 bits per heavy atom. The highest BCUT2D eigenvalue weighted by molar-refractivity contribution is 5.33. The Hall–Kier alpha value is -1.69. The molecular formula is C22H32N4O. The summed E-state index contributed by atoms with van der Waals surface area (Å²) >= 11 is 0. The first-order valence-corrected chi connectivity index (χ1v) is 10.3. The predicted molar refractivity (Wildman–Crippen MR) is 108 cm³/mol. The quantitative estimate of drug-likeness (QED) is 0.778. The molecule has 5 heteroatoms. The normalized spacial score (nSPS) is 21.0. The number of likely N-dealkylation sites (tertiary alicyclic amines) is 1. The van der Waals surface area contributed by atoms with E-state index in [1.165, 1.54) is 44.5 Å². The average molecular weight is 369 g/mol. The molecule has 1 aromatic heterocycles. The van der Waals surface area contributed by atoms with Gasteiger partial charge in [0.2, 0.25) is 0 Å². The second kappa shape index (κ2) is 9.00. The monoisotopic (exact) mass is 368 g/mol. The Balaban J connectivity index is 1.34. The molecule has 1 atom stereocenters. The maximum Gasteiger partial charge on any atom is 0.0589 e. The van der Waals surface area contributed by atoms with E-state index in [2.05, 4.69) is 50.3 Å². The molecule has 1 aliphatic carbocycles. The number of rotatable bonds is 8. The molecule has 2 aliphatic rings. The van der Waals surface area contributed by atoms with Crippen molar-refractivity contribution in [2.24, 2.45) is 5.92 Å². The Morgan fingerprint density at radius 3 is 2.74 bits per heavy atom. The molecule has 0 unspecified atom stereocenters. The number of fused-ring (bicyclic) bond motifs is 1. The maximum absolute atomic E-state index is 5.34. The molecule has 4 rings (SSSR count). The zero-order valence-corrected chi connectivity index (χ0v) is 16.4. The summed E-state index contributed by atoms with van der Waals surface area (Å²) in [4.78, 5) is 5.29. The van der Waals surface area contributed by atoms with Crippen LogP contribution >= 0.6 is 0 Å². The van der Waals surface area contributed by atoms with Crippen LogP contribution < -0.4 is 0 Å². The van der Waals surface area contributed by atoms with Gasteiger partial charge in [-0.15, -0.1) is 0 Å². The summed E-state index contributed by atoms with van der Waals surface area (Å²) in [5.74, 6) is 0.738. The van der Waals surface area contributed by atoms with Crippen molar-refractivity contribution in [2.45, 2.75) is 38.3 Å². The number of piperidine rings is 1. The van der Waals surface area contributed by atoms with Gasteiger partial charge in [0.15, 0.2) is 0 Å². The minimum absolute atomic E-state index is 0.699. The van der Waals surface area contributed by atoms with Gasteiger partial charge in [0.1, 0.15) is 0 Å². The molecule has 1 fully saturated rings. The Kier molecular flexibility index (Phi) is 6.22. The van der Waals surface area contributed by atoms with Crippen molar-refractivity contribution in [2.75, 3.05) is 39.9 Å². The van der Waals surface area contributed by atoms with Crippen LogP contribution in [0.3, 0.4) is 0 Å². The van der Waals surface area contributed by atoms with Crippen LogP contribution in [0.1, 0.15) is 29.7 Å². The molecule has 146 valence electrons. The molecule has 0 saturated carbocycles. The first-order chi connectivity index (χ1) is 13.3. The highest BCUT2D eigenvalue weighted by Crippen LogP contribution is 2.29. The molecule has 5 nitrogen and oxygen atoms in total. The van der Waals surface area contributed by atoms with E-state index >= 15 is 0 Å². The molecule has 0 radical (unpaired) electrons. The molecule has 1 aromatic carbocycles. The first-order valence-electron chi connectivity index (χ1n) is 10.3. The van der Waals surface area contributed by atoms with Gasteiger partial charge in [-0.25, -0.2) is 0 Å². The summed E-state index contributed by atoms with van der Waals surface area (Å²) in [5.41, 5.74) is 4.31. The number of aromatic nitrogens is 2. The average Bonchev–Trinajstić information content (AvgIpc) is 3.35. The smallest absolute Gasteiger partial charge is 0.0589 e. The zero-order valence-electron chi connectivity index (χ0n) is 16.4. The standard InChI is InChI=1S/C22H32N4O/c1-27-12-11-25(17-21-8-9-23-24-21)15-18-5-4-10-26(16-18)22-13-19-6-2-3-7-20(19)14-22/h2-3,6-9,18,22H,4-5,10-17H2,1H3,(H,23,24)/t18-/m0/s1. The SMILES string of the molecule is COCCN(Cc1ccn[nH]1)C[C@@H]1CCCN(C2Cc3ccccc3C2)C1. The second-order valence-corrected chi connectivity index (χ2v) is 8.14. The van der Waals surface area contributed by atoms with Crippen LogP contribution in [0.4, 0.5) is 0 Å². The van der Waals surface area contributed by atoms with Gasteiger partial charge in [0, 0.05) is 51.2 Å². The van der Waals surface area contributed by atoms with Gasteiger partial charge in [-0.1, -0.05) is 24.3 Å². The fourth-order valence-corrected chi connectivity index (χ4v) is 4.81. The number of H-pyrrole nitrogens is 1. The minimum atomic E-state index is 0.699. The first kappa shape index (κ1) is 18.7. The van der Waals surface area contributed by atoms with E-state index in [0.717, 1.165) is 32.2 Å². The zero-order chi connectivity index (χ0) is 18.5. The predicted octanol–water partition coefficient (Wildman–Crippen LogP) is 2.74. The Labute approximate surface area is 162 Å². The van der Waals surface area contributed by atoms with Gasteiger partial charge in [-0.3, -0.25) is 14.9 Å². The fraction of sp³-hybridized carbons (Fsp3) is 0.591. The second-order valence-electron chi connectivity index (χ2n) is 8.14. The number of methoxy groups -OCH3 is 1. The summed E-state index contributed by atoms with van der Waals surface area (Å²) < 4.78 is 5.34. The van der Waals surface area contributed by atoms with Gasteiger partial charge in [-0.2, -0.15) is 5.10 Å². The third-order valence-electron chi connectivity index (χ3n) is 6.18. The van der Waals surface area contributed by atoms with Gasteiger partial charge >= 0.3 is 0 Å². The van der Waals surface area contributed by atoms with Crippen molar-refractivity contribution in [1.29, 1.82) is 0 Å². The van der Waals surface area contributed by atoms with Crippen LogP contribution in [0.5, 0.6) is 0 Å². The summed E-state index contributed by atoms with van der Waals surface area (Å²) in [6.45, 7) is 6.30. The Bertz CT molecular complexity index is 677. The lowest BCUT2D eigenvalue weighted by Gasteiger charge is -2.38. The minimum Gasteiger partial charge on any atom is -0.383 e. The van der Waals surface area contributed by atoms with Crippen LogP contribution in [0, 0.1) is 5.92 Å². The lowest BCUT2D eigenvalue weighted by Crippen LogP contribution is -2.46. The number of benzene rings is 1. The van der Waals surface area contributed by atoms with Crippen molar-refractivity contribution in [1.82, 2.24) is 20.0 Å². The highest BCUT2D eigenvalue weighted by Gasteiger charge is 2.31. The number of nitrogens with one attached hydrogen (secondary N) is 1. The third kappa shape index (κ3) is 4.78. The van der Waals surface area contributed by atoms with Crippen molar-refractivity contribution in [3.63, 3.8) is 0 Å². The van der Waals surface area contributed by atoms with E-state index in [9.17, 15) is 0 Å². The van der Waals surface area contributed by atoms with Gasteiger partial charge in [0.25, 0.3) is 0 Å². The number of hydrogen-bond acceptors (Lipinski definition) is 4. The van der Waals surface area contributed by atoms with E-state index in [-0.39, 0.29) is 0 Å². The lowest BCUT2D eigenvalue weighted by molar-refractivity contribution is 0.0839. The number of nitrogens with zero attached hydrogens (tertiary/aromatic N) is 3. The van der Waals surface area contributed by atoms with Crippen LogP contribution in [0.25, 0.3) is 0 Å². The molecular weight excluding hydrogens is 336 g/mol. The van der Waals surface area contributed by atoms with Crippen molar-refractivity contribution < 1.29 is 4.74 Å². The van der Waals surface area contributed by atoms with Crippen LogP contribution in [0.15, 0.2) is 36.5 Å². The molecule has 0 amide bonds. The Morgan fingerprint density at radius 2 is 2.04 bits per heavy atom. The third-order valence-corrected chi connectivity index (χ3v) is 6.18. The summed E-state index contributed by atoms with van der Waals surface area (Å²) in [7, 11) is 1.79. The molecule has 0 bridgehead atoms. The van der Waals surface area contributed by atoms with Crippen molar-refractivity contribution in [3.05, 3.63) is 53.3 Å². The number of hydrogen-bond donors (Lipinski definition) is 1. The van der Waals surface area contributed by atoms with Crippen LogP contribution in [-0.4, -0.2) is 65.9 Å². The maximum atomic E-state index is 5.34. The summed E-state index contributed by atoms with van der Waals surface area (Å²) in [6.07, 6.45) is 6.95. The molecule has 2 aromatic rings. The van der Waals surface area contributed by atoms with Crippen LogP contribution in [0.2, 0.25) is 0 Å². The highest BCUT2D eigenvalue weighted by atomic mass is 16.5. The van der Waals surface area contributed by atoms with E-state index in [1.54, 1.807) is 18.2 Å². The topological polar surface area (TPSA) is 44.4 Å². The molecule has 27 heavy (non-hydrogen) atoms. The molecule has 0 spiro atoms. The van der Waals surface area contributed by atoms with E-state index in [0.29, 0.717) is 6.04 Å². The number of aromatic amines is 1. The van der Waals surface area contributed by atoms with Crippen molar-refractivity contribution >= 4 is 0 Å². The molecule has 1 aliphatic heterocycles. The lowest BCUT2D eigenvalue weighted by atomic mass is 9.95. The molecule has 2 heterocycles. The summed E-state index contributed by atoms with van der Waals surface area (Å²) in [5, 5.41) is 7.20. The summed E-state index contributed by atoms with van der Waals surface area (Å²) in [6, 6.07) is 11.8. The van der Waals surface area contributed by atoms with Gasteiger partial charge in [-0.05, 0) is 55.3 Å². The molecule has 1 saturated heterocycles. The van der Waals surface area contributed by atoms with E-state index < -0.39 is 0 Å². The van der Waals surface area contributed by atoms with Gasteiger partial charge < -0.3 is 4.74 Å².